The number of aromatic nitrogens is 2. The minimum Gasteiger partial charge on any atom is -0.486 e. The summed E-state index contributed by atoms with van der Waals surface area (Å²) in [5, 5.41) is 10.4. The fourth-order valence-corrected chi connectivity index (χ4v) is 4.08. The molecule has 0 bridgehead atoms. The first-order valence-corrected chi connectivity index (χ1v) is 9.87. The van der Waals surface area contributed by atoms with Crippen LogP contribution in [-0.2, 0) is 12.3 Å². The Bertz CT molecular complexity index is 1020. The van der Waals surface area contributed by atoms with Gasteiger partial charge in [-0.2, -0.15) is 0 Å². The molecule has 6 nitrogen and oxygen atoms in total. The van der Waals surface area contributed by atoms with Crippen molar-refractivity contribution in [3.8, 4) is 11.5 Å². The third-order valence-corrected chi connectivity index (χ3v) is 5.40. The van der Waals surface area contributed by atoms with Gasteiger partial charge in [-0.05, 0) is 24.6 Å². The van der Waals surface area contributed by atoms with E-state index in [-0.39, 0.29) is 12.2 Å². The fraction of sp³-hybridized carbons (Fsp3) is 0.300. The normalized spacial score (nSPS) is 13.1. The lowest BCUT2D eigenvalue weighted by Crippen LogP contribution is -2.24. The van der Waals surface area contributed by atoms with E-state index in [0.29, 0.717) is 48.0 Å². The number of aliphatic hydroxyl groups is 1. The van der Waals surface area contributed by atoms with Gasteiger partial charge in [0.05, 0.1) is 10.9 Å². The van der Waals surface area contributed by atoms with Gasteiger partial charge in [0.2, 0.25) is 0 Å². The quantitative estimate of drug-likeness (QED) is 0.520. The van der Waals surface area contributed by atoms with E-state index in [2.05, 4.69) is 4.98 Å². The number of para-hydroxylation sites is 2. The first-order valence-electron chi connectivity index (χ1n) is 8.88. The predicted molar refractivity (Wildman–Crippen MR) is 105 cm³/mol. The number of rotatable bonds is 6. The van der Waals surface area contributed by atoms with Crippen molar-refractivity contribution in [3.63, 3.8) is 0 Å². The molecule has 7 heteroatoms. The van der Waals surface area contributed by atoms with Crippen molar-refractivity contribution in [2.24, 2.45) is 0 Å². The van der Waals surface area contributed by atoms with Gasteiger partial charge in [-0.1, -0.05) is 36.0 Å². The van der Waals surface area contributed by atoms with Gasteiger partial charge in [-0.25, -0.2) is 4.98 Å². The summed E-state index contributed by atoms with van der Waals surface area (Å²) < 4.78 is 13.1. The van der Waals surface area contributed by atoms with Gasteiger partial charge in [-0.15, -0.1) is 0 Å². The second-order valence-electron chi connectivity index (χ2n) is 6.18. The standard InChI is InChI=1S/C20H20N2O4S/c23-10-4-9-22-19(24)15-6-1-2-7-16(15)21-20(22)27-13-14-5-3-8-17-18(14)26-12-11-25-17/h1-3,5-8,23H,4,9-13H2. The number of hydrogen-bond donors (Lipinski definition) is 1. The van der Waals surface area contributed by atoms with Crippen molar-refractivity contribution in [1.82, 2.24) is 9.55 Å². The lowest BCUT2D eigenvalue weighted by Gasteiger charge is -2.21. The molecule has 27 heavy (non-hydrogen) atoms. The van der Waals surface area contributed by atoms with E-state index in [4.69, 9.17) is 9.47 Å². The first kappa shape index (κ1) is 17.9. The van der Waals surface area contributed by atoms with Gasteiger partial charge in [0.1, 0.15) is 13.2 Å². The maximum Gasteiger partial charge on any atom is 0.262 e. The monoisotopic (exact) mass is 384 g/mol. The minimum absolute atomic E-state index is 0.0285. The molecule has 2 heterocycles. The SMILES string of the molecule is O=c1c2ccccc2nc(SCc2cccc3c2OCCO3)n1CCCO. The third kappa shape index (κ3) is 3.65. The van der Waals surface area contributed by atoms with Crippen LogP contribution in [0.3, 0.4) is 0 Å². The molecule has 0 aliphatic carbocycles. The largest absolute Gasteiger partial charge is 0.486 e. The summed E-state index contributed by atoms with van der Waals surface area (Å²) in [6.45, 7) is 1.55. The average Bonchev–Trinajstić information content (AvgIpc) is 2.72. The Morgan fingerprint density at radius 2 is 1.96 bits per heavy atom. The van der Waals surface area contributed by atoms with Crippen molar-refractivity contribution >= 4 is 22.7 Å². The molecule has 0 unspecified atom stereocenters. The summed E-state index contributed by atoms with van der Waals surface area (Å²) in [7, 11) is 0. The summed E-state index contributed by atoms with van der Waals surface area (Å²) >= 11 is 1.49. The Morgan fingerprint density at radius 3 is 2.85 bits per heavy atom. The molecule has 0 amide bonds. The van der Waals surface area contributed by atoms with Gasteiger partial charge in [0, 0.05) is 24.5 Å². The van der Waals surface area contributed by atoms with Crippen molar-refractivity contribution in [2.45, 2.75) is 23.9 Å². The topological polar surface area (TPSA) is 73.6 Å². The van der Waals surface area contributed by atoms with Crippen LogP contribution in [-0.4, -0.2) is 34.5 Å². The molecule has 3 aromatic rings. The molecule has 0 saturated heterocycles. The number of fused-ring (bicyclic) bond motifs is 2. The van der Waals surface area contributed by atoms with Crippen LogP contribution in [0.4, 0.5) is 0 Å². The zero-order valence-corrected chi connectivity index (χ0v) is 15.6. The van der Waals surface area contributed by atoms with E-state index < -0.39 is 0 Å². The molecule has 0 atom stereocenters. The van der Waals surface area contributed by atoms with Crippen LogP contribution in [0.5, 0.6) is 11.5 Å². The number of thioether (sulfide) groups is 1. The summed E-state index contributed by atoms with van der Waals surface area (Å²) in [6, 6.07) is 13.2. The van der Waals surface area contributed by atoms with E-state index in [9.17, 15) is 9.90 Å². The maximum absolute atomic E-state index is 12.9. The minimum atomic E-state index is -0.0776. The van der Waals surface area contributed by atoms with Crippen molar-refractivity contribution in [3.05, 3.63) is 58.4 Å². The van der Waals surface area contributed by atoms with Crippen LogP contribution >= 0.6 is 11.8 Å². The van der Waals surface area contributed by atoms with Gasteiger partial charge in [0.25, 0.3) is 5.56 Å². The van der Waals surface area contributed by atoms with E-state index in [0.717, 1.165) is 17.1 Å². The van der Waals surface area contributed by atoms with Crippen molar-refractivity contribution in [2.75, 3.05) is 19.8 Å². The Hall–Kier alpha value is -2.51. The number of hydrogen-bond acceptors (Lipinski definition) is 6. The Labute approximate surface area is 160 Å². The molecule has 0 radical (unpaired) electrons. The molecule has 140 valence electrons. The fourth-order valence-electron chi connectivity index (χ4n) is 3.07. The summed E-state index contributed by atoms with van der Waals surface area (Å²) in [5.41, 5.74) is 1.61. The molecule has 0 fully saturated rings. The number of ether oxygens (including phenoxy) is 2. The number of benzene rings is 2. The Kier molecular flexibility index (Phi) is 5.31. The van der Waals surface area contributed by atoms with Crippen LogP contribution in [0.1, 0.15) is 12.0 Å². The molecule has 1 aromatic heterocycles. The number of nitrogens with zero attached hydrogens (tertiary/aromatic N) is 2. The van der Waals surface area contributed by atoms with Crippen LogP contribution in [0, 0.1) is 0 Å². The van der Waals surface area contributed by atoms with Gasteiger partial charge in [-0.3, -0.25) is 9.36 Å². The summed E-state index contributed by atoms with van der Waals surface area (Å²) in [4.78, 5) is 17.6. The molecule has 1 aliphatic rings. The molecule has 1 aliphatic heterocycles. The van der Waals surface area contributed by atoms with Crippen molar-refractivity contribution < 1.29 is 14.6 Å². The zero-order chi connectivity index (χ0) is 18.6. The van der Waals surface area contributed by atoms with Crippen LogP contribution in [0.15, 0.2) is 52.4 Å². The van der Waals surface area contributed by atoms with Gasteiger partial charge in [0.15, 0.2) is 16.7 Å². The Balaban J connectivity index is 1.68. The molecule has 4 rings (SSSR count). The third-order valence-electron chi connectivity index (χ3n) is 4.37. The molecule has 0 spiro atoms. The van der Waals surface area contributed by atoms with E-state index >= 15 is 0 Å². The molecular formula is C20H20N2O4S. The summed E-state index contributed by atoms with van der Waals surface area (Å²) in [6.07, 6.45) is 0.505. The van der Waals surface area contributed by atoms with E-state index in [1.54, 1.807) is 10.6 Å². The first-order chi connectivity index (χ1) is 13.3. The second-order valence-corrected chi connectivity index (χ2v) is 7.12. The molecule has 0 saturated carbocycles. The lowest BCUT2D eigenvalue weighted by molar-refractivity contribution is 0.170. The van der Waals surface area contributed by atoms with E-state index in [1.807, 2.05) is 36.4 Å². The van der Waals surface area contributed by atoms with Crippen LogP contribution in [0.25, 0.3) is 10.9 Å². The maximum atomic E-state index is 12.9. The molecule has 2 aromatic carbocycles. The highest BCUT2D eigenvalue weighted by molar-refractivity contribution is 7.98. The van der Waals surface area contributed by atoms with Crippen LogP contribution in [0.2, 0.25) is 0 Å². The Morgan fingerprint density at radius 1 is 1.11 bits per heavy atom. The highest BCUT2D eigenvalue weighted by atomic mass is 32.2. The highest BCUT2D eigenvalue weighted by Crippen LogP contribution is 2.36. The molecule has 1 N–H and O–H groups in total. The van der Waals surface area contributed by atoms with E-state index in [1.165, 1.54) is 11.8 Å². The lowest BCUT2D eigenvalue weighted by atomic mass is 10.2. The van der Waals surface area contributed by atoms with Gasteiger partial charge < -0.3 is 14.6 Å². The smallest absolute Gasteiger partial charge is 0.262 e. The van der Waals surface area contributed by atoms with Gasteiger partial charge >= 0.3 is 0 Å². The number of aliphatic hydroxyl groups excluding tert-OH is 1. The highest BCUT2D eigenvalue weighted by Gasteiger charge is 2.17. The average molecular weight is 384 g/mol. The van der Waals surface area contributed by atoms with Crippen molar-refractivity contribution in [1.29, 1.82) is 0 Å². The van der Waals surface area contributed by atoms with Crippen LogP contribution < -0.4 is 15.0 Å². The molecular weight excluding hydrogens is 364 g/mol. The summed E-state index contributed by atoms with van der Waals surface area (Å²) in [5.74, 6) is 2.13. The second kappa shape index (κ2) is 8.02. The zero-order valence-electron chi connectivity index (χ0n) is 14.8. The predicted octanol–water partition coefficient (Wildman–Crippen LogP) is 2.84.